The number of nitrogens with zero attached hydrogens (tertiary/aromatic N) is 2. The quantitative estimate of drug-likeness (QED) is 0.715. The number of carbonyl (C=O) groups is 2. The van der Waals surface area contributed by atoms with Crippen molar-refractivity contribution in [2.45, 2.75) is 52.1 Å². The number of aryl methyl sites for hydroxylation is 1. The molecule has 0 radical (unpaired) electrons. The Bertz CT molecular complexity index is 714. The average Bonchev–Trinajstić information content (AvgIpc) is 2.69. The van der Waals surface area contributed by atoms with Gasteiger partial charge in [-0.2, -0.15) is 5.26 Å². The maximum Gasteiger partial charge on any atom is 0.407 e. The molecule has 29 heavy (non-hydrogen) atoms. The van der Waals surface area contributed by atoms with E-state index in [9.17, 15) is 14.9 Å². The molecule has 0 spiro atoms. The fourth-order valence-electron chi connectivity index (χ4n) is 3.34. The first-order chi connectivity index (χ1) is 13.7. The molecular weight excluding hydrogens is 368 g/mol. The lowest BCUT2D eigenvalue weighted by Crippen LogP contribution is -2.48. The molecule has 1 aromatic carbocycles. The van der Waals surface area contributed by atoms with Crippen LogP contribution >= 0.6 is 0 Å². The Kier molecular flexibility index (Phi) is 7.89. The molecule has 7 heteroatoms. The largest absolute Gasteiger partial charge is 0.444 e. The van der Waals surface area contributed by atoms with Gasteiger partial charge in [-0.05, 0) is 52.0 Å². The zero-order valence-electron chi connectivity index (χ0n) is 17.7. The van der Waals surface area contributed by atoms with Crippen LogP contribution in [0.15, 0.2) is 30.3 Å². The number of amides is 3. The van der Waals surface area contributed by atoms with Crippen LogP contribution in [0.4, 0.5) is 9.59 Å². The van der Waals surface area contributed by atoms with Crippen molar-refractivity contribution in [3.63, 3.8) is 0 Å². The van der Waals surface area contributed by atoms with Crippen LogP contribution in [0.3, 0.4) is 0 Å². The Balaban J connectivity index is 1.70. The second kappa shape index (κ2) is 10.1. The number of rotatable bonds is 6. The zero-order valence-corrected chi connectivity index (χ0v) is 17.7. The third-order valence-electron chi connectivity index (χ3n) is 5.05. The summed E-state index contributed by atoms with van der Waals surface area (Å²) in [6.07, 6.45) is 2.54. The number of carbonyl (C=O) groups excluding carboxylic acids is 2. The van der Waals surface area contributed by atoms with Crippen molar-refractivity contribution >= 4 is 12.1 Å². The number of ether oxygens (including phenoxy) is 1. The minimum absolute atomic E-state index is 0.161. The first-order valence-corrected chi connectivity index (χ1v) is 10.2. The molecule has 3 amide bonds. The molecule has 0 aliphatic carbocycles. The summed E-state index contributed by atoms with van der Waals surface area (Å²) in [6, 6.07) is 12.5. The molecule has 158 valence electrons. The Morgan fingerprint density at radius 1 is 1.14 bits per heavy atom. The summed E-state index contributed by atoms with van der Waals surface area (Å²) in [7, 11) is 0. The molecule has 1 aliphatic heterocycles. The van der Waals surface area contributed by atoms with Gasteiger partial charge in [-0.25, -0.2) is 9.59 Å². The Labute approximate surface area is 173 Å². The molecule has 0 bridgehead atoms. The van der Waals surface area contributed by atoms with Crippen LogP contribution < -0.4 is 10.6 Å². The second-order valence-corrected chi connectivity index (χ2v) is 8.53. The highest BCUT2D eigenvalue weighted by Crippen LogP contribution is 2.35. The average molecular weight is 401 g/mol. The summed E-state index contributed by atoms with van der Waals surface area (Å²) in [5.41, 5.74) is 0.319. The SMILES string of the molecule is CC(C)(C)OC(=O)NCCNC(=O)N1CCC(C#N)(CCc2ccccc2)CC1. The molecular formula is C22H32N4O3. The van der Waals surface area contributed by atoms with Gasteiger partial charge in [0.1, 0.15) is 5.60 Å². The van der Waals surface area contributed by atoms with Gasteiger partial charge in [-0.15, -0.1) is 0 Å². The third-order valence-corrected chi connectivity index (χ3v) is 5.05. The number of likely N-dealkylation sites (tertiary alicyclic amines) is 1. The standard InChI is InChI=1S/C22H32N4O3/c1-21(2,3)29-20(28)25-14-13-24-19(27)26-15-11-22(17-23,12-16-26)10-9-18-7-5-4-6-8-18/h4-8H,9-16H2,1-3H3,(H,24,27)(H,25,28). The van der Waals surface area contributed by atoms with Gasteiger partial charge in [-0.1, -0.05) is 30.3 Å². The summed E-state index contributed by atoms with van der Waals surface area (Å²) in [4.78, 5) is 25.7. The Morgan fingerprint density at radius 3 is 2.34 bits per heavy atom. The molecule has 7 nitrogen and oxygen atoms in total. The molecule has 1 fully saturated rings. The molecule has 1 saturated heterocycles. The first kappa shape index (κ1) is 22.5. The lowest BCUT2D eigenvalue weighted by molar-refractivity contribution is 0.0528. The third kappa shape index (κ3) is 7.65. The van der Waals surface area contributed by atoms with Crippen LogP contribution in [-0.4, -0.2) is 48.8 Å². The van der Waals surface area contributed by atoms with E-state index < -0.39 is 11.7 Å². The van der Waals surface area contributed by atoms with Crippen molar-refractivity contribution in [2.75, 3.05) is 26.2 Å². The van der Waals surface area contributed by atoms with E-state index in [1.165, 1.54) is 5.56 Å². The summed E-state index contributed by atoms with van der Waals surface area (Å²) < 4.78 is 5.15. The van der Waals surface area contributed by atoms with Gasteiger partial charge < -0.3 is 20.3 Å². The van der Waals surface area contributed by atoms with E-state index in [0.717, 1.165) is 12.8 Å². The van der Waals surface area contributed by atoms with Gasteiger partial charge in [0.25, 0.3) is 0 Å². The number of piperidine rings is 1. The normalized spacial score (nSPS) is 15.9. The maximum atomic E-state index is 12.3. The van der Waals surface area contributed by atoms with Crippen LogP contribution in [0, 0.1) is 16.7 Å². The molecule has 1 aliphatic rings. The predicted molar refractivity (Wildman–Crippen MR) is 111 cm³/mol. The number of hydrogen-bond donors (Lipinski definition) is 2. The molecule has 1 aromatic rings. The predicted octanol–water partition coefficient (Wildman–Crippen LogP) is 3.46. The van der Waals surface area contributed by atoms with E-state index >= 15 is 0 Å². The van der Waals surface area contributed by atoms with E-state index in [-0.39, 0.29) is 11.4 Å². The summed E-state index contributed by atoms with van der Waals surface area (Å²) >= 11 is 0. The first-order valence-electron chi connectivity index (χ1n) is 10.2. The summed E-state index contributed by atoms with van der Waals surface area (Å²) in [5.74, 6) is 0. The molecule has 0 saturated carbocycles. The van der Waals surface area contributed by atoms with Crippen LogP contribution in [0.25, 0.3) is 0 Å². The van der Waals surface area contributed by atoms with Crippen molar-refractivity contribution in [3.05, 3.63) is 35.9 Å². The van der Waals surface area contributed by atoms with Gasteiger partial charge in [0.15, 0.2) is 0 Å². The van der Waals surface area contributed by atoms with Crippen LogP contribution in [0.5, 0.6) is 0 Å². The molecule has 0 atom stereocenters. The van der Waals surface area contributed by atoms with Crippen molar-refractivity contribution in [2.24, 2.45) is 5.41 Å². The van der Waals surface area contributed by atoms with Crippen molar-refractivity contribution in [1.29, 1.82) is 5.26 Å². The van der Waals surface area contributed by atoms with Gasteiger partial charge in [0, 0.05) is 26.2 Å². The van der Waals surface area contributed by atoms with Crippen molar-refractivity contribution in [3.8, 4) is 6.07 Å². The highest BCUT2D eigenvalue weighted by atomic mass is 16.6. The maximum absolute atomic E-state index is 12.3. The number of urea groups is 1. The highest BCUT2D eigenvalue weighted by Gasteiger charge is 2.35. The van der Waals surface area contributed by atoms with E-state index in [1.807, 2.05) is 18.2 Å². The van der Waals surface area contributed by atoms with Crippen molar-refractivity contribution < 1.29 is 14.3 Å². The van der Waals surface area contributed by atoms with Crippen LogP contribution in [-0.2, 0) is 11.2 Å². The molecule has 1 heterocycles. The van der Waals surface area contributed by atoms with E-state index in [1.54, 1.807) is 25.7 Å². The van der Waals surface area contributed by atoms with E-state index in [4.69, 9.17) is 4.74 Å². The molecule has 2 rings (SSSR count). The van der Waals surface area contributed by atoms with Crippen molar-refractivity contribution in [1.82, 2.24) is 15.5 Å². The summed E-state index contributed by atoms with van der Waals surface area (Å²) in [6.45, 7) is 7.14. The molecule has 2 N–H and O–H groups in total. The van der Waals surface area contributed by atoms with Gasteiger partial charge >= 0.3 is 12.1 Å². The zero-order chi connectivity index (χ0) is 21.3. The highest BCUT2D eigenvalue weighted by molar-refractivity contribution is 5.74. The number of alkyl carbamates (subject to hydrolysis) is 1. The fourth-order valence-corrected chi connectivity index (χ4v) is 3.34. The minimum atomic E-state index is -0.547. The topological polar surface area (TPSA) is 94.5 Å². The molecule has 0 unspecified atom stereocenters. The molecule has 0 aromatic heterocycles. The van der Waals surface area contributed by atoms with Crippen LogP contribution in [0.1, 0.15) is 45.6 Å². The smallest absolute Gasteiger partial charge is 0.407 e. The van der Waals surface area contributed by atoms with E-state index in [2.05, 4.69) is 28.8 Å². The fraction of sp³-hybridized carbons (Fsp3) is 0.591. The monoisotopic (exact) mass is 400 g/mol. The number of nitriles is 1. The second-order valence-electron chi connectivity index (χ2n) is 8.53. The van der Waals surface area contributed by atoms with Gasteiger partial charge in [0.2, 0.25) is 0 Å². The van der Waals surface area contributed by atoms with Gasteiger partial charge in [-0.3, -0.25) is 0 Å². The Hall–Kier alpha value is -2.75. The van der Waals surface area contributed by atoms with Crippen LogP contribution in [0.2, 0.25) is 0 Å². The Morgan fingerprint density at radius 2 is 1.76 bits per heavy atom. The minimum Gasteiger partial charge on any atom is -0.444 e. The lowest BCUT2D eigenvalue weighted by atomic mass is 9.75. The summed E-state index contributed by atoms with van der Waals surface area (Å²) in [5, 5.41) is 15.2. The number of nitrogens with one attached hydrogen (secondary N) is 2. The number of benzene rings is 1. The number of hydrogen-bond acceptors (Lipinski definition) is 4. The lowest BCUT2D eigenvalue weighted by Gasteiger charge is -2.37. The van der Waals surface area contributed by atoms with E-state index in [0.29, 0.717) is 39.0 Å². The van der Waals surface area contributed by atoms with Gasteiger partial charge in [0.05, 0.1) is 11.5 Å².